The van der Waals surface area contributed by atoms with E-state index >= 15 is 0 Å². The Morgan fingerprint density at radius 1 is 1.44 bits per heavy atom. The van der Waals surface area contributed by atoms with Gasteiger partial charge < -0.3 is 9.72 Å². The van der Waals surface area contributed by atoms with E-state index in [9.17, 15) is 4.79 Å². The van der Waals surface area contributed by atoms with Gasteiger partial charge >= 0.3 is 0 Å². The molecule has 6 nitrogen and oxygen atoms in total. The first-order valence-electron chi connectivity index (χ1n) is 4.61. The first kappa shape index (κ1) is 10.2. The van der Waals surface area contributed by atoms with Crippen molar-refractivity contribution in [2.75, 3.05) is 12.4 Å². The Morgan fingerprint density at radius 2 is 2.31 bits per heavy atom. The van der Waals surface area contributed by atoms with E-state index in [1.54, 1.807) is 30.7 Å². The fourth-order valence-corrected chi connectivity index (χ4v) is 1.23. The summed E-state index contributed by atoms with van der Waals surface area (Å²) in [6.45, 7) is 0. The van der Waals surface area contributed by atoms with Gasteiger partial charge in [-0.25, -0.2) is 9.97 Å². The number of aromatic nitrogens is 3. The number of hydrogen-bond donors (Lipinski definition) is 2. The summed E-state index contributed by atoms with van der Waals surface area (Å²) in [7, 11) is 1.46. The first-order valence-corrected chi connectivity index (χ1v) is 4.61. The van der Waals surface area contributed by atoms with Crippen LogP contribution in [0.4, 0.5) is 5.95 Å². The van der Waals surface area contributed by atoms with Gasteiger partial charge in [0, 0.05) is 18.6 Å². The highest BCUT2D eigenvalue weighted by Crippen LogP contribution is 2.14. The molecule has 2 heterocycles. The number of anilines is 1. The molecule has 0 atom stereocenters. The topological polar surface area (TPSA) is 79.9 Å². The van der Waals surface area contributed by atoms with Crippen molar-refractivity contribution in [3.05, 3.63) is 36.3 Å². The zero-order chi connectivity index (χ0) is 11.4. The summed E-state index contributed by atoms with van der Waals surface area (Å²) in [6.07, 6.45) is 4.73. The summed E-state index contributed by atoms with van der Waals surface area (Å²) in [5, 5.41) is 2.59. The van der Waals surface area contributed by atoms with Gasteiger partial charge in [0.2, 0.25) is 11.8 Å². The molecule has 16 heavy (non-hydrogen) atoms. The molecule has 0 unspecified atom stereocenters. The molecule has 0 fully saturated rings. The minimum absolute atomic E-state index is 0.284. The molecule has 82 valence electrons. The average molecular weight is 218 g/mol. The predicted molar refractivity (Wildman–Crippen MR) is 57.3 cm³/mol. The molecule has 0 aromatic carbocycles. The third-order valence-corrected chi connectivity index (χ3v) is 1.94. The summed E-state index contributed by atoms with van der Waals surface area (Å²) < 4.78 is 4.98. The fraction of sp³-hybridized carbons (Fsp3) is 0.100. The number of rotatable bonds is 3. The standard InChI is InChI=1S/C10H10N4O2/c1-16-9-7(3-2-4-11-9)8(15)14-10-12-5-6-13-10/h2-6H,1H3,(H2,12,13,14,15). The maximum atomic E-state index is 11.8. The maximum Gasteiger partial charge on any atom is 0.263 e. The number of carbonyl (C=O) groups is 1. The molecular formula is C10H10N4O2. The number of nitrogens with one attached hydrogen (secondary N) is 2. The van der Waals surface area contributed by atoms with Crippen LogP contribution in [0.1, 0.15) is 10.4 Å². The van der Waals surface area contributed by atoms with Gasteiger partial charge in [0.25, 0.3) is 5.91 Å². The quantitative estimate of drug-likeness (QED) is 0.807. The molecular weight excluding hydrogens is 208 g/mol. The lowest BCUT2D eigenvalue weighted by molar-refractivity contribution is 0.102. The van der Waals surface area contributed by atoms with Gasteiger partial charge in [-0.1, -0.05) is 0 Å². The molecule has 2 aromatic rings. The Bertz CT molecular complexity index is 481. The number of H-pyrrole nitrogens is 1. The second-order valence-electron chi connectivity index (χ2n) is 2.95. The monoisotopic (exact) mass is 218 g/mol. The Balaban J connectivity index is 2.21. The van der Waals surface area contributed by atoms with Crippen LogP contribution in [0.5, 0.6) is 5.88 Å². The van der Waals surface area contributed by atoms with Gasteiger partial charge in [-0.15, -0.1) is 0 Å². The zero-order valence-electron chi connectivity index (χ0n) is 8.60. The number of methoxy groups -OCH3 is 1. The lowest BCUT2D eigenvalue weighted by Crippen LogP contribution is -2.14. The van der Waals surface area contributed by atoms with Crippen LogP contribution >= 0.6 is 0 Å². The van der Waals surface area contributed by atoms with Crippen LogP contribution in [-0.4, -0.2) is 28.0 Å². The molecule has 1 amide bonds. The fourth-order valence-electron chi connectivity index (χ4n) is 1.23. The lowest BCUT2D eigenvalue weighted by atomic mass is 10.2. The smallest absolute Gasteiger partial charge is 0.263 e. The molecule has 6 heteroatoms. The number of aromatic amines is 1. The van der Waals surface area contributed by atoms with Gasteiger partial charge in [-0.05, 0) is 12.1 Å². The molecule has 0 bridgehead atoms. The summed E-state index contributed by atoms with van der Waals surface area (Å²) in [6, 6.07) is 3.30. The van der Waals surface area contributed by atoms with Crippen LogP contribution in [0.25, 0.3) is 0 Å². The highest BCUT2D eigenvalue weighted by Gasteiger charge is 2.13. The van der Waals surface area contributed by atoms with E-state index in [1.165, 1.54) is 7.11 Å². The van der Waals surface area contributed by atoms with E-state index in [0.29, 0.717) is 11.5 Å². The number of hydrogen-bond acceptors (Lipinski definition) is 4. The van der Waals surface area contributed by atoms with Crippen LogP contribution < -0.4 is 10.1 Å². The van der Waals surface area contributed by atoms with Gasteiger partial charge in [0.15, 0.2) is 0 Å². The molecule has 0 aliphatic rings. The van der Waals surface area contributed by atoms with Crippen LogP contribution in [-0.2, 0) is 0 Å². The van der Waals surface area contributed by atoms with E-state index in [-0.39, 0.29) is 11.8 Å². The molecule has 0 aliphatic carbocycles. The number of ether oxygens (including phenoxy) is 1. The van der Waals surface area contributed by atoms with Crippen LogP contribution in [0.15, 0.2) is 30.7 Å². The average Bonchev–Trinajstić information content (AvgIpc) is 2.81. The van der Waals surface area contributed by atoms with Crippen molar-refractivity contribution in [2.45, 2.75) is 0 Å². The number of amides is 1. The normalized spacial score (nSPS) is 9.81. The summed E-state index contributed by atoms with van der Waals surface area (Å²) >= 11 is 0. The predicted octanol–water partition coefficient (Wildman–Crippen LogP) is 1.07. The molecule has 0 saturated carbocycles. The Labute approximate surface area is 91.7 Å². The summed E-state index contributed by atoms with van der Waals surface area (Å²) in [4.78, 5) is 22.4. The van der Waals surface area contributed by atoms with E-state index in [2.05, 4.69) is 20.3 Å². The number of imidazole rings is 1. The highest BCUT2D eigenvalue weighted by atomic mass is 16.5. The first-order chi connectivity index (χ1) is 7.81. The Kier molecular flexibility index (Phi) is 2.81. The van der Waals surface area contributed by atoms with Gasteiger partial charge in [-0.2, -0.15) is 0 Å². The third kappa shape index (κ3) is 2.00. The molecule has 0 saturated heterocycles. The molecule has 2 aromatic heterocycles. The lowest BCUT2D eigenvalue weighted by Gasteiger charge is -2.05. The maximum absolute atomic E-state index is 11.8. The van der Waals surface area contributed by atoms with Crippen LogP contribution in [0, 0.1) is 0 Å². The molecule has 0 aliphatic heterocycles. The van der Waals surface area contributed by atoms with E-state index < -0.39 is 0 Å². The summed E-state index contributed by atoms with van der Waals surface area (Å²) in [5.74, 6) is 0.349. The second-order valence-corrected chi connectivity index (χ2v) is 2.95. The number of pyridine rings is 1. The highest BCUT2D eigenvalue weighted by molar-refractivity contribution is 6.04. The molecule has 0 radical (unpaired) electrons. The van der Waals surface area contributed by atoms with E-state index in [1.807, 2.05) is 0 Å². The number of carbonyl (C=O) groups excluding carboxylic acids is 1. The van der Waals surface area contributed by atoms with Crippen molar-refractivity contribution in [1.82, 2.24) is 15.0 Å². The van der Waals surface area contributed by atoms with Crippen LogP contribution in [0.2, 0.25) is 0 Å². The van der Waals surface area contributed by atoms with Crippen molar-refractivity contribution < 1.29 is 9.53 Å². The van der Waals surface area contributed by atoms with Gasteiger partial charge in [-0.3, -0.25) is 10.1 Å². The second kappa shape index (κ2) is 4.43. The van der Waals surface area contributed by atoms with Crippen LogP contribution in [0.3, 0.4) is 0 Å². The number of nitrogens with zero attached hydrogens (tertiary/aromatic N) is 2. The minimum Gasteiger partial charge on any atom is -0.480 e. The van der Waals surface area contributed by atoms with Crippen molar-refractivity contribution in [2.24, 2.45) is 0 Å². The summed E-state index contributed by atoms with van der Waals surface area (Å²) in [5.41, 5.74) is 0.362. The van der Waals surface area contributed by atoms with Crippen molar-refractivity contribution in [3.63, 3.8) is 0 Å². The van der Waals surface area contributed by atoms with Crippen molar-refractivity contribution in [1.29, 1.82) is 0 Å². The third-order valence-electron chi connectivity index (χ3n) is 1.94. The molecule has 2 N–H and O–H groups in total. The van der Waals surface area contributed by atoms with E-state index in [0.717, 1.165) is 0 Å². The van der Waals surface area contributed by atoms with Crippen molar-refractivity contribution >= 4 is 11.9 Å². The van der Waals surface area contributed by atoms with Gasteiger partial charge in [0.1, 0.15) is 5.56 Å². The molecule has 2 rings (SSSR count). The van der Waals surface area contributed by atoms with E-state index in [4.69, 9.17) is 4.74 Å². The zero-order valence-corrected chi connectivity index (χ0v) is 8.60. The molecule has 0 spiro atoms. The van der Waals surface area contributed by atoms with Crippen molar-refractivity contribution in [3.8, 4) is 5.88 Å². The Hall–Kier alpha value is -2.37. The largest absolute Gasteiger partial charge is 0.480 e. The SMILES string of the molecule is COc1ncccc1C(=O)Nc1ncc[nH]1. The van der Waals surface area contributed by atoms with Gasteiger partial charge in [0.05, 0.1) is 7.11 Å². The minimum atomic E-state index is -0.320. The Morgan fingerprint density at radius 3 is 3.00 bits per heavy atom.